The van der Waals surface area contributed by atoms with Gasteiger partial charge in [0.1, 0.15) is 6.61 Å². The second-order valence-electron chi connectivity index (χ2n) is 10.9. The Morgan fingerprint density at radius 2 is 1.42 bits per heavy atom. The van der Waals surface area contributed by atoms with E-state index in [9.17, 15) is 55.4 Å². The molecule has 1 fully saturated rings. The van der Waals surface area contributed by atoms with Crippen molar-refractivity contribution < 1.29 is 70.0 Å². The maximum atomic E-state index is 13.5. The molecule has 1 aromatic carbocycles. The Hall–Kier alpha value is -3.69. The van der Waals surface area contributed by atoms with Gasteiger partial charge in [-0.3, -0.25) is 28.9 Å². The Kier molecular flexibility index (Phi) is 12.9. The number of rotatable bonds is 15. The minimum atomic E-state index is -5.25. The molecule has 5 unspecified atom stereocenters. The third-order valence-corrected chi connectivity index (χ3v) is 7.49. The van der Waals surface area contributed by atoms with Crippen molar-refractivity contribution in [1.29, 1.82) is 0 Å². The molecule has 2 rings (SSSR count). The van der Waals surface area contributed by atoms with Crippen molar-refractivity contribution >= 4 is 35.4 Å². The van der Waals surface area contributed by atoms with Gasteiger partial charge in [0.05, 0.1) is 53.7 Å². The monoisotopic (exact) mass is 655 g/mol. The molecular formula is C29H35F6NO9. The molecule has 1 saturated heterocycles. The molecule has 0 saturated carbocycles. The molecule has 0 radical (unpaired) electrons. The molecule has 2 amide bonds. The van der Waals surface area contributed by atoms with E-state index in [0.717, 1.165) is 0 Å². The fraction of sp³-hybridized carbons (Fsp3) is 0.621. The Balaban J connectivity index is 2.49. The van der Waals surface area contributed by atoms with Gasteiger partial charge in [0.15, 0.2) is 0 Å². The van der Waals surface area contributed by atoms with Crippen LogP contribution in [0.5, 0.6) is 0 Å². The largest absolute Gasteiger partial charge is 0.481 e. The lowest BCUT2D eigenvalue weighted by atomic mass is 9.80. The molecule has 1 heterocycles. The summed E-state index contributed by atoms with van der Waals surface area (Å²) < 4.78 is 91.0. The number of hydrogen-bond acceptors (Lipinski definition) is 8. The predicted molar refractivity (Wildman–Crippen MR) is 143 cm³/mol. The molecule has 45 heavy (non-hydrogen) atoms. The van der Waals surface area contributed by atoms with Crippen LogP contribution in [0.15, 0.2) is 18.2 Å². The van der Waals surface area contributed by atoms with E-state index in [1.807, 2.05) is 6.92 Å². The number of esters is 2. The number of carbonyl (C=O) groups excluding carboxylic acids is 4. The second-order valence-corrected chi connectivity index (χ2v) is 10.9. The van der Waals surface area contributed by atoms with Gasteiger partial charge >= 0.3 is 30.3 Å². The molecule has 0 aliphatic carbocycles. The van der Waals surface area contributed by atoms with Crippen LogP contribution >= 0.6 is 0 Å². The summed E-state index contributed by atoms with van der Waals surface area (Å²) in [6.45, 7) is 3.28. The number of alkyl halides is 6. The normalized spacial score (nSPS) is 19.3. The molecule has 1 aliphatic heterocycles. The maximum Gasteiger partial charge on any atom is 0.416 e. The van der Waals surface area contributed by atoms with Crippen LogP contribution in [0.4, 0.5) is 32.0 Å². The average molecular weight is 656 g/mol. The van der Waals surface area contributed by atoms with E-state index in [-0.39, 0.29) is 36.1 Å². The van der Waals surface area contributed by atoms with E-state index in [2.05, 4.69) is 0 Å². The molecule has 16 heteroatoms. The van der Waals surface area contributed by atoms with Gasteiger partial charge in [-0.25, -0.2) is 0 Å². The van der Waals surface area contributed by atoms with E-state index in [1.54, 1.807) is 0 Å². The summed E-state index contributed by atoms with van der Waals surface area (Å²) in [5, 5.41) is 18.5. The number of aliphatic hydroxyl groups excluding tert-OH is 1. The lowest BCUT2D eigenvalue weighted by Gasteiger charge is -2.25. The first-order valence-electron chi connectivity index (χ1n) is 14.2. The number of ether oxygens (including phenoxy) is 2. The van der Waals surface area contributed by atoms with Crippen LogP contribution in [0.2, 0.25) is 0 Å². The number of halogens is 6. The lowest BCUT2D eigenvalue weighted by molar-refractivity contribution is -0.155. The topological polar surface area (TPSA) is 148 Å². The summed E-state index contributed by atoms with van der Waals surface area (Å²) in [6.07, 6.45) is -10.6. The smallest absolute Gasteiger partial charge is 0.416 e. The minimum absolute atomic E-state index is 0.00538. The number of unbranched alkanes of at least 4 members (excludes halogenated alkanes) is 1. The summed E-state index contributed by atoms with van der Waals surface area (Å²) in [5.74, 6) is -11.8. The van der Waals surface area contributed by atoms with E-state index >= 15 is 0 Å². The second kappa shape index (κ2) is 15.5. The van der Waals surface area contributed by atoms with E-state index < -0.39 is 115 Å². The number of imide groups is 1. The van der Waals surface area contributed by atoms with Crippen LogP contribution in [-0.4, -0.2) is 59.8 Å². The molecule has 0 aromatic heterocycles. The molecule has 1 aromatic rings. The van der Waals surface area contributed by atoms with E-state index in [4.69, 9.17) is 14.6 Å². The molecule has 0 bridgehead atoms. The highest BCUT2D eigenvalue weighted by atomic mass is 19.4. The minimum Gasteiger partial charge on any atom is -0.481 e. The number of aliphatic hydroxyl groups is 1. The number of aliphatic carboxylic acids is 1. The van der Waals surface area contributed by atoms with Crippen molar-refractivity contribution in [3.63, 3.8) is 0 Å². The van der Waals surface area contributed by atoms with Gasteiger partial charge in [0.2, 0.25) is 11.8 Å². The van der Waals surface area contributed by atoms with Crippen molar-refractivity contribution in [1.82, 2.24) is 0 Å². The van der Waals surface area contributed by atoms with Gasteiger partial charge in [0.25, 0.3) is 0 Å². The van der Waals surface area contributed by atoms with Crippen LogP contribution in [0.3, 0.4) is 0 Å². The van der Waals surface area contributed by atoms with E-state index in [0.29, 0.717) is 12.8 Å². The zero-order valence-corrected chi connectivity index (χ0v) is 24.7. The molecule has 1 aliphatic rings. The van der Waals surface area contributed by atoms with Crippen LogP contribution in [0, 0.1) is 29.6 Å². The number of amides is 2. The van der Waals surface area contributed by atoms with Crippen LogP contribution in [0.25, 0.3) is 0 Å². The van der Waals surface area contributed by atoms with E-state index in [1.165, 1.54) is 13.8 Å². The van der Waals surface area contributed by atoms with Crippen molar-refractivity contribution in [2.24, 2.45) is 29.6 Å². The first kappa shape index (κ1) is 37.5. The molecule has 10 nitrogen and oxygen atoms in total. The first-order chi connectivity index (χ1) is 20.8. The molecule has 2 N–H and O–H groups in total. The highest BCUT2D eigenvalue weighted by molar-refractivity contribution is 6.22. The van der Waals surface area contributed by atoms with Gasteiger partial charge in [-0.1, -0.05) is 27.2 Å². The van der Waals surface area contributed by atoms with Crippen LogP contribution < -0.4 is 4.90 Å². The highest BCUT2D eigenvalue weighted by Gasteiger charge is 2.49. The predicted octanol–water partition coefficient (Wildman–Crippen LogP) is 4.85. The summed E-state index contributed by atoms with van der Waals surface area (Å²) >= 11 is 0. The Labute approximate surface area is 254 Å². The van der Waals surface area contributed by atoms with Gasteiger partial charge < -0.3 is 19.7 Å². The number of carboxylic acid groups (broad SMARTS) is 1. The third kappa shape index (κ3) is 9.90. The molecule has 0 spiro atoms. The van der Waals surface area contributed by atoms with Crippen molar-refractivity contribution in [2.45, 2.75) is 65.2 Å². The molecule has 252 valence electrons. The Morgan fingerprint density at radius 1 is 0.889 bits per heavy atom. The third-order valence-electron chi connectivity index (χ3n) is 7.49. The average Bonchev–Trinajstić information content (AvgIpc) is 3.16. The van der Waals surface area contributed by atoms with Crippen LogP contribution in [-0.2, 0) is 45.8 Å². The van der Waals surface area contributed by atoms with Crippen molar-refractivity contribution in [3.8, 4) is 0 Å². The zero-order chi connectivity index (χ0) is 34.3. The fourth-order valence-electron chi connectivity index (χ4n) is 4.95. The zero-order valence-electron chi connectivity index (χ0n) is 24.7. The standard InChI is InChI=1S/C29H35F6NO9/c1-4-5-7-44-26(42)17(9-15(2)25(40)41)10-18(27(43)45-8-6-37)11-22-16(3)23(38)36(24(22)39)21-13-19(28(30,31)32)12-20(14-21)29(33,34)35/h12-18,22,37H,4-11H2,1-3H3,(H,40,41). The summed E-state index contributed by atoms with van der Waals surface area (Å²) in [6, 6.07) is 0.325. The number of benzene rings is 1. The summed E-state index contributed by atoms with van der Waals surface area (Å²) in [5.41, 5.74) is -4.45. The van der Waals surface area contributed by atoms with Crippen molar-refractivity contribution in [2.75, 3.05) is 24.7 Å². The van der Waals surface area contributed by atoms with Gasteiger partial charge in [-0.05, 0) is 43.9 Å². The van der Waals surface area contributed by atoms with Crippen molar-refractivity contribution in [3.05, 3.63) is 29.3 Å². The summed E-state index contributed by atoms with van der Waals surface area (Å²) in [7, 11) is 0. The van der Waals surface area contributed by atoms with Gasteiger partial charge in [-0.15, -0.1) is 0 Å². The van der Waals surface area contributed by atoms with Gasteiger partial charge in [0, 0.05) is 5.92 Å². The molecular weight excluding hydrogens is 620 g/mol. The SMILES string of the molecule is CCCCOC(=O)C(CC(C)C(=O)O)CC(CC1C(=O)N(c2cc(C(F)(F)F)cc(C(F)(F)F)c2)C(=O)C1C)C(=O)OCCO. The molecule has 5 atom stereocenters. The highest BCUT2D eigenvalue weighted by Crippen LogP contribution is 2.42. The Bertz CT molecular complexity index is 1220. The first-order valence-corrected chi connectivity index (χ1v) is 14.2. The summed E-state index contributed by atoms with van der Waals surface area (Å²) in [4.78, 5) is 64.2. The number of anilines is 1. The lowest BCUT2D eigenvalue weighted by Crippen LogP contribution is -2.33. The number of hydrogen-bond donors (Lipinski definition) is 2. The fourth-order valence-corrected chi connectivity index (χ4v) is 4.95. The Morgan fingerprint density at radius 3 is 1.91 bits per heavy atom. The van der Waals surface area contributed by atoms with Crippen LogP contribution in [0.1, 0.15) is 64.0 Å². The van der Waals surface area contributed by atoms with Gasteiger partial charge in [-0.2, -0.15) is 26.3 Å². The quantitative estimate of drug-likeness (QED) is 0.117. The number of nitrogens with zero attached hydrogens (tertiary/aromatic N) is 1. The number of carbonyl (C=O) groups is 5. The number of carboxylic acids is 1. The maximum absolute atomic E-state index is 13.5.